The van der Waals surface area contributed by atoms with E-state index in [0.29, 0.717) is 28.1 Å². The lowest BCUT2D eigenvalue weighted by Gasteiger charge is -2.20. The van der Waals surface area contributed by atoms with Gasteiger partial charge < -0.3 is 14.1 Å². The minimum Gasteiger partial charge on any atom is -0.486 e. The Labute approximate surface area is 359 Å². The van der Waals surface area contributed by atoms with Crippen molar-refractivity contribution in [1.82, 2.24) is 4.57 Å². The van der Waals surface area contributed by atoms with Crippen LogP contribution in [0, 0.1) is 12.8 Å². The second kappa shape index (κ2) is 19.1. The van der Waals surface area contributed by atoms with E-state index in [-0.39, 0.29) is 28.7 Å². The van der Waals surface area contributed by atoms with E-state index in [1.165, 1.54) is 28.4 Å². The average Bonchev–Trinajstić information content (AvgIpc) is 3.90. The van der Waals surface area contributed by atoms with E-state index in [1.807, 2.05) is 79.7 Å². The third-order valence-electron chi connectivity index (χ3n) is 10.8. The molecule has 60 heavy (non-hydrogen) atoms. The van der Waals surface area contributed by atoms with Gasteiger partial charge in [0.25, 0.3) is 0 Å². The zero-order valence-electron chi connectivity index (χ0n) is 33.4. The molecule has 310 valence electrons. The Hall–Kier alpha value is -5.10. The number of hydrogen-bond acceptors (Lipinski definition) is 7. The second-order valence-corrected chi connectivity index (χ2v) is 17.1. The molecule has 0 aliphatic rings. The number of thiophene rings is 1. The topological polar surface area (TPSA) is 69.9 Å². The summed E-state index contributed by atoms with van der Waals surface area (Å²) in [6.07, 6.45) is 1.81. The van der Waals surface area contributed by atoms with Crippen molar-refractivity contribution < 1.29 is 32.3 Å². The summed E-state index contributed by atoms with van der Waals surface area (Å²) in [4.78, 5) is 33.5. The summed E-state index contributed by atoms with van der Waals surface area (Å²) >= 11 is 1.19. The summed E-state index contributed by atoms with van der Waals surface area (Å²) in [6, 6.07) is 32.9. The number of unbranched alkanes of at least 4 members (excludes halogenated alkanes) is 2. The number of aryl methyl sites for hydroxylation is 1. The van der Waals surface area contributed by atoms with E-state index in [2.05, 4.69) is 16.6 Å². The summed E-state index contributed by atoms with van der Waals surface area (Å²) in [6.45, 7) is 4.33. The van der Waals surface area contributed by atoms with Gasteiger partial charge in [-0.2, -0.15) is 8.78 Å². The number of para-hydroxylation sites is 1. The molecule has 0 N–H and O–H groups in total. The van der Waals surface area contributed by atoms with Crippen LogP contribution in [0.4, 0.5) is 13.2 Å². The molecule has 6 nitrogen and oxygen atoms in total. The Morgan fingerprint density at radius 1 is 0.867 bits per heavy atom. The quantitative estimate of drug-likeness (QED) is 0.0282. The predicted molar refractivity (Wildman–Crippen MR) is 240 cm³/mol. The molecule has 0 radical (unpaired) electrons. The van der Waals surface area contributed by atoms with Crippen LogP contribution in [-0.2, 0) is 11.4 Å². The number of fused-ring (bicyclic) bond motifs is 5. The molecule has 2 atom stereocenters. The van der Waals surface area contributed by atoms with Gasteiger partial charge in [-0.1, -0.05) is 115 Å². The van der Waals surface area contributed by atoms with Gasteiger partial charge in [-0.05, 0) is 89.6 Å². The summed E-state index contributed by atoms with van der Waals surface area (Å²) in [5, 5.41) is 9.46. The van der Waals surface area contributed by atoms with Crippen LogP contribution in [0.1, 0.15) is 81.8 Å². The number of halogens is 4. The van der Waals surface area contributed by atoms with Crippen LogP contribution < -0.4 is 4.74 Å². The Morgan fingerprint density at radius 2 is 1.60 bits per heavy atom. The molecule has 0 spiro atoms. The standard InChI is InChI=1S/C48H44ClF3N2O4S2/c1-4-5-6-15-32(28-60-49)27-54-41-23-22-33(25-38(41)39-26-40(35-17-9-10-18-36(35)45(39)54)46(55)34-16-8-7-14-30(34)2)44(53-58-47(56)43-21-13-24-59-43)37-19-11-12-20-42(37)57-29-48(51,52)31(3)50/h7-14,16-26,31-32H,4-6,15,27-29H2,1-3H3/b53-44+. The zero-order chi connectivity index (χ0) is 42.4. The Morgan fingerprint density at radius 3 is 2.32 bits per heavy atom. The molecular weight excluding hydrogens is 825 g/mol. The minimum absolute atomic E-state index is 0.00289. The van der Waals surface area contributed by atoms with E-state index in [0.717, 1.165) is 76.5 Å². The minimum atomic E-state index is -3.76. The molecule has 0 fully saturated rings. The smallest absolute Gasteiger partial charge is 0.375 e. The third kappa shape index (κ3) is 9.13. The highest BCUT2D eigenvalue weighted by Crippen LogP contribution is 2.40. The van der Waals surface area contributed by atoms with Gasteiger partial charge in [0.05, 0.1) is 5.52 Å². The van der Waals surface area contributed by atoms with Crippen molar-refractivity contribution in [3.63, 3.8) is 0 Å². The highest BCUT2D eigenvalue weighted by molar-refractivity contribution is 8.21. The van der Waals surface area contributed by atoms with Gasteiger partial charge in [-0.25, -0.2) is 9.18 Å². The first kappa shape index (κ1) is 43.0. The van der Waals surface area contributed by atoms with Crippen molar-refractivity contribution in [1.29, 1.82) is 0 Å². The molecule has 2 unspecified atom stereocenters. The lowest BCUT2D eigenvalue weighted by atomic mass is 9.92. The van der Waals surface area contributed by atoms with Gasteiger partial charge in [0.15, 0.2) is 18.6 Å². The first-order valence-electron chi connectivity index (χ1n) is 19.9. The zero-order valence-corrected chi connectivity index (χ0v) is 35.8. The lowest BCUT2D eigenvalue weighted by Crippen LogP contribution is -2.34. The number of hydrogen-bond donors (Lipinski definition) is 0. The maximum atomic E-state index is 14.5. The molecule has 0 amide bonds. The number of nitrogens with zero attached hydrogens (tertiary/aromatic N) is 2. The van der Waals surface area contributed by atoms with Gasteiger partial charge in [0.2, 0.25) is 0 Å². The molecule has 7 rings (SSSR count). The Balaban J connectivity index is 1.47. The highest BCUT2D eigenvalue weighted by Gasteiger charge is 2.38. The van der Waals surface area contributed by atoms with Crippen molar-refractivity contribution in [2.75, 3.05) is 12.4 Å². The number of rotatable bonds is 18. The van der Waals surface area contributed by atoms with Crippen molar-refractivity contribution in [3.8, 4) is 5.75 Å². The normalized spacial score (nSPS) is 13.2. The number of carbonyl (C=O) groups is 2. The van der Waals surface area contributed by atoms with Gasteiger partial charge in [0.1, 0.15) is 16.3 Å². The molecule has 0 aliphatic carbocycles. The molecule has 5 aromatic carbocycles. The van der Waals surface area contributed by atoms with Gasteiger partial charge in [-0.3, -0.25) is 4.79 Å². The number of alkyl halides is 3. The van der Waals surface area contributed by atoms with E-state index in [4.69, 9.17) is 20.3 Å². The maximum absolute atomic E-state index is 14.5. The van der Waals surface area contributed by atoms with Crippen molar-refractivity contribution in [3.05, 3.63) is 147 Å². The second-order valence-electron chi connectivity index (χ2n) is 14.9. The van der Waals surface area contributed by atoms with Crippen molar-refractivity contribution in [2.24, 2.45) is 11.1 Å². The SMILES string of the molecule is CCCCCC(CSCl)Cn1c2ccc(/C(=N\OC(=O)c3cccs3)c3ccccc3OCC(F)(F)C(C)F)cc2c2cc(C(=O)c3ccccc3C)c3ccccc3c21. The average molecular weight is 869 g/mol. The number of benzene rings is 5. The fraction of sp³-hybridized carbons (Fsp3) is 0.271. The first-order valence-corrected chi connectivity index (χ1v) is 22.6. The van der Waals surface area contributed by atoms with Crippen LogP contribution in [0.15, 0.2) is 120 Å². The fourth-order valence-electron chi connectivity index (χ4n) is 7.58. The van der Waals surface area contributed by atoms with E-state index in [1.54, 1.807) is 35.7 Å². The number of ether oxygens (including phenoxy) is 1. The van der Waals surface area contributed by atoms with Gasteiger partial charge in [-0.15, -0.1) is 11.3 Å². The molecule has 0 saturated heterocycles. The van der Waals surface area contributed by atoms with Crippen LogP contribution >= 0.6 is 33.0 Å². The molecular formula is C48H44ClF3N2O4S2. The highest BCUT2D eigenvalue weighted by atomic mass is 35.7. The van der Waals surface area contributed by atoms with E-state index in [9.17, 15) is 22.8 Å². The largest absolute Gasteiger partial charge is 0.486 e. The van der Waals surface area contributed by atoms with Crippen LogP contribution in [0.5, 0.6) is 5.75 Å². The third-order valence-corrected chi connectivity index (χ3v) is 12.6. The summed E-state index contributed by atoms with van der Waals surface area (Å²) in [7, 11) is 7.64. The van der Waals surface area contributed by atoms with E-state index < -0.39 is 24.7 Å². The molecule has 2 aromatic heterocycles. The number of oxime groups is 1. The Bertz CT molecular complexity index is 2680. The van der Waals surface area contributed by atoms with Crippen LogP contribution in [0.25, 0.3) is 32.6 Å². The van der Waals surface area contributed by atoms with Crippen LogP contribution in [0.2, 0.25) is 0 Å². The fourth-order valence-corrected chi connectivity index (χ4v) is 9.16. The number of aromatic nitrogens is 1. The van der Waals surface area contributed by atoms with Gasteiger partial charge >= 0.3 is 11.9 Å². The van der Waals surface area contributed by atoms with Crippen molar-refractivity contribution >= 4 is 83.0 Å². The Kier molecular flexibility index (Phi) is 13.7. The van der Waals surface area contributed by atoms with Crippen LogP contribution in [0.3, 0.4) is 0 Å². The molecule has 7 aromatic rings. The molecule has 0 saturated carbocycles. The summed E-state index contributed by atoms with van der Waals surface area (Å²) in [5.74, 6) is -3.58. The molecule has 0 bridgehead atoms. The summed E-state index contributed by atoms with van der Waals surface area (Å²) < 4.78 is 50.9. The van der Waals surface area contributed by atoms with Crippen LogP contribution in [-0.4, -0.2) is 46.5 Å². The first-order chi connectivity index (χ1) is 29.0. The number of ketones is 1. The van der Waals surface area contributed by atoms with E-state index >= 15 is 0 Å². The molecule has 12 heteroatoms. The lowest BCUT2D eigenvalue weighted by molar-refractivity contribution is -0.0941. The molecule has 2 heterocycles. The van der Waals surface area contributed by atoms with Gasteiger partial charge in [0, 0.05) is 56.2 Å². The predicted octanol–water partition coefficient (Wildman–Crippen LogP) is 13.6. The number of carbonyl (C=O) groups excluding carboxylic acids is 2. The van der Waals surface area contributed by atoms with Crippen molar-refractivity contribution in [2.45, 2.75) is 65.1 Å². The maximum Gasteiger partial charge on any atom is 0.375 e. The summed E-state index contributed by atoms with van der Waals surface area (Å²) in [5.41, 5.74) is 4.73. The monoisotopic (exact) mass is 868 g/mol. The molecule has 0 aliphatic heterocycles.